The zero-order valence-electron chi connectivity index (χ0n) is 8.23. The number of cyclic esters (lactones) is 2. The quantitative estimate of drug-likeness (QED) is 0.432. The predicted molar refractivity (Wildman–Crippen MR) is 48.1 cm³/mol. The number of ether oxygens (including phenoxy) is 1. The van der Waals surface area contributed by atoms with E-state index in [1.165, 1.54) is 0 Å². The minimum Gasteiger partial charge on any atom is -0.393 e. The lowest BCUT2D eigenvalue weighted by Gasteiger charge is -2.46. The Morgan fingerprint density at radius 3 is 2.57 bits per heavy atom. The van der Waals surface area contributed by atoms with Crippen LogP contribution in [0.1, 0.15) is 26.2 Å². The largest absolute Gasteiger partial charge is 0.393 e. The van der Waals surface area contributed by atoms with Crippen LogP contribution in [0.15, 0.2) is 0 Å². The lowest BCUT2D eigenvalue weighted by molar-refractivity contribution is -0.154. The van der Waals surface area contributed by atoms with E-state index in [1.54, 1.807) is 0 Å². The number of hydrogen-bond donors (Lipinski definition) is 0. The van der Waals surface area contributed by atoms with Gasteiger partial charge in [-0.3, -0.25) is 9.59 Å². The third-order valence-electron chi connectivity index (χ3n) is 4.38. The summed E-state index contributed by atoms with van der Waals surface area (Å²) in [6.07, 6.45) is 3.32. The first-order valence-electron chi connectivity index (χ1n) is 5.44. The summed E-state index contributed by atoms with van der Waals surface area (Å²) in [6, 6.07) is 0. The molecule has 4 fully saturated rings. The highest BCUT2D eigenvalue weighted by atomic mass is 16.6. The summed E-state index contributed by atoms with van der Waals surface area (Å²) in [6.45, 7) is 2.20. The van der Waals surface area contributed by atoms with Gasteiger partial charge in [-0.2, -0.15) is 0 Å². The maximum absolute atomic E-state index is 11.5. The maximum Gasteiger partial charge on any atom is 0.317 e. The monoisotopic (exact) mass is 194 g/mol. The Hall–Kier alpha value is -0.860. The van der Waals surface area contributed by atoms with Crippen molar-refractivity contribution in [3.05, 3.63) is 0 Å². The highest BCUT2D eigenvalue weighted by molar-refractivity contribution is 5.97. The van der Waals surface area contributed by atoms with Crippen molar-refractivity contribution in [2.45, 2.75) is 26.2 Å². The normalized spacial score (nSPS) is 50.5. The lowest BCUT2D eigenvalue weighted by atomic mass is 9.56. The van der Waals surface area contributed by atoms with Crippen LogP contribution >= 0.6 is 0 Å². The summed E-state index contributed by atoms with van der Waals surface area (Å²) in [7, 11) is 0. The molecular weight excluding hydrogens is 180 g/mol. The third-order valence-corrected chi connectivity index (χ3v) is 4.38. The summed E-state index contributed by atoms with van der Waals surface area (Å²) in [5, 5.41) is 0. The zero-order chi connectivity index (χ0) is 9.87. The van der Waals surface area contributed by atoms with Crippen molar-refractivity contribution in [1.82, 2.24) is 0 Å². The van der Waals surface area contributed by atoms with Gasteiger partial charge in [-0.15, -0.1) is 0 Å². The van der Waals surface area contributed by atoms with Crippen LogP contribution in [0.5, 0.6) is 0 Å². The molecule has 1 saturated heterocycles. The summed E-state index contributed by atoms with van der Waals surface area (Å²) in [5.41, 5.74) is 0. The zero-order valence-corrected chi connectivity index (χ0v) is 8.23. The second-order valence-electron chi connectivity index (χ2n) is 5.01. The van der Waals surface area contributed by atoms with Gasteiger partial charge in [0.2, 0.25) is 0 Å². The minimum absolute atomic E-state index is 0.0857. The van der Waals surface area contributed by atoms with Gasteiger partial charge in [0, 0.05) is 0 Å². The molecule has 0 aromatic rings. The molecule has 0 aromatic heterocycles. The molecule has 4 rings (SSSR count). The van der Waals surface area contributed by atoms with Crippen LogP contribution in [0.3, 0.4) is 0 Å². The number of esters is 2. The van der Waals surface area contributed by atoms with Crippen molar-refractivity contribution in [2.75, 3.05) is 0 Å². The van der Waals surface area contributed by atoms with Crippen molar-refractivity contribution >= 4 is 11.9 Å². The molecule has 2 bridgehead atoms. The molecule has 4 aliphatic rings. The average Bonchev–Trinajstić information content (AvgIpc) is 2.45. The van der Waals surface area contributed by atoms with Crippen LogP contribution in [0.4, 0.5) is 0 Å². The fourth-order valence-corrected chi connectivity index (χ4v) is 3.78. The van der Waals surface area contributed by atoms with Gasteiger partial charge in [0.1, 0.15) is 0 Å². The first-order valence-corrected chi connectivity index (χ1v) is 5.44. The fraction of sp³-hybridized carbons (Fsp3) is 0.818. The molecule has 0 aromatic carbocycles. The third kappa shape index (κ3) is 0.877. The van der Waals surface area contributed by atoms with Gasteiger partial charge in [0.25, 0.3) is 0 Å². The molecule has 3 aliphatic carbocycles. The van der Waals surface area contributed by atoms with Crippen LogP contribution in [-0.4, -0.2) is 11.9 Å². The van der Waals surface area contributed by atoms with Crippen LogP contribution in [0.2, 0.25) is 0 Å². The van der Waals surface area contributed by atoms with Crippen molar-refractivity contribution in [1.29, 1.82) is 0 Å². The molecule has 0 unspecified atom stereocenters. The van der Waals surface area contributed by atoms with Gasteiger partial charge in [-0.05, 0) is 37.0 Å². The number of rotatable bonds is 0. The molecule has 3 saturated carbocycles. The first-order chi connectivity index (χ1) is 6.68. The Balaban J connectivity index is 2.00. The van der Waals surface area contributed by atoms with Gasteiger partial charge < -0.3 is 4.74 Å². The first kappa shape index (κ1) is 8.45. The smallest absolute Gasteiger partial charge is 0.317 e. The molecule has 5 atom stereocenters. The van der Waals surface area contributed by atoms with Crippen molar-refractivity contribution < 1.29 is 14.3 Å². The predicted octanol–water partition coefficient (Wildman–Crippen LogP) is 1.37. The number of hydrogen-bond acceptors (Lipinski definition) is 3. The van der Waals surface area contributed by atoms with Crippen LogP contribution in [-0.2, 0) is 14.3 Å². The van der Waals surface area contributed by atoms with Crippen molar-refractivity contribution in [2.24, 2.45) is 29.6 Å². The van der Waals surface area contributed by atoms with Crippen LogP contribution < -0.4 is 0 Å². The summed E-state index contributed by atoms with van der Waals surface area (Å²) < 4.78 is 4.76. The van der Waals surface area contributed by atoms with Gasteiger partial charge in [-0.1, -0.05) is 6.92 Å². The van der Waals surface area contributed by atoms with Gasteiger partial charge in [0.15, 0.2) is 0 Å². The standard InChI is InChI=1S/C11H14O3/c1-5-4-6-2-3-7(5)9-8(6)10(12)14-11(9)13/h5-9H,2-4H2,1H3/t5-,6-,7+,8-,9+/m1/s1. The highest BCUT2D eigenvalue weighted by Crippen LogP contribution is 2.54. The molecular formula is C11H14O3. The van der Waals surface area contributed by atoms with E-state index < -0.39 is 0 Å². The van der Waals surface area contributed by atoms with Crippen LogP contribution in [0.25, 0.3) is 0 Å². The maximum atomic E-state index is 11.5. The Morgan fingerprint density at radius 2 is 1.86 bits per heavy atom. The van der Waals surface area contributed by atoms with E-state index in [9.17, 15) is 9.59 Å². The molecule has 0 N–H and O–H groups in total. The van der Waals surface area contributed by atoms with E-state index >= 15 is 0 Å². The summed E-state index contributed by atoms with van der Waals surface area (Å²) >= 11 is 0. The number of carbonyl (C=O) groups is 2. The van der Waals surface area contributed by atoms with E-state index in [0.29, 0.717) is 17.8 Å². The second kappa shape index (κ2) is 2.59. The SMILES string of the molecule is C[C@@H]1C[C@H]2CC[C@@H]1[C@@H]1C(=O)OC(=O)[C@H]21. The van der Waals surface area contributed by atoms with Crippen molar-refractivity contribution in [3.8, 4) is 0 Å². The highest BCUT2D eigenvalue weighted by Gasteiger charge is 2.58. The van der Waals surface area contributed by atoms with Crippen LogP contribution in [0, 0.1) is 29.6 Å². The van der Waals surface area contributed by atoms with E-state index in [0.717, 1.165) is 19.3 Å². The van der Waals surface area contributed by atoms with E-state index in [2.05, 4.69) is 6.92 Å². The molecule has 1 aliphatic heterocycles. The Kier molecular flexibility index (Phi) is 1.56. The van der Waals surface area contributed by atoms with E-state index in [4.69, 9.17) is 4.74 Å². The molecule has 0 amide bonds. The fourth-order valence-electron chi connectivity index (χ4n) is 3.78. The summed E-state index contributed by atoms with van der Waals surface area (Å²) in [5.74, 6) is 0.738. The molecule has 14 heavy (non-hydrogen) atoms. The molecule has 76 valence electrons. The van der Waals surface area contributed by atoms with Gasteiger partial charge >= 0.3 is 11.9 Å². The van der Waals surface area contributed by atoms with Gasteiger partial charge in [-0.25, -0.2) is 0 Å². The average molecular weight is 194 g/mol. The minimum atomic E-state index is -0.249. The van der Waals surface area contributed by atoms with E-state index in [-0.39, 0.29) is 23.8 Å². The molecule has 0 radical (unpaired) electrons. The molecule has 1 heterocycles. The number of fused-ring (bicyclic) bond motifs is 2. The second-order valence-corrected chi connectivity index (χ2v) is 5.01. The molecule has 3 nitrogen and oxygen atoms in total. The van der Waals surface area contributed by atoms with Gasteiger partial charge in [0.05, 0.1) is 11.8 Å². The Bertz CT molecular complexity index is 310. The number of carbonyl (C=O) groups excluding carboxylic acids is 2. The molecule has 0 spiro atoms. The lowest BCUT2D eigenvalue weighted by Crippen LogP contribution is -2.45. The topological polar surface area (TPSA) is 43.4 Å². The molecule has 3 heteroatoms. The van der Waals surface area contributed by atoms with E-state index in [1.807, 2.05) is 0 Å². The Morgan fingerprint density at radius 1 is 1.14 bits per heavy atom. The summed E-state index contributed by atoms with van der Waals surface area (Å²) in [4.78, 5) is 23.0. The van der Waals surface area contributed by atoms with Crippen molar-refractivity contribution in [3.63, 3.8) is 0 Å². The Labute approximate surface area is 82.8 Å².